The Bertz CT molecular complexity index is 772. The fourth-order valence-corrected chi connectivity index (χ4v) is 5.87. The fraction of sp³-hybridized carbons (Fsp3) is 0.765. The molecule has 1 aromatic rings. The largest absolute Gasteiger partial charge is 0.381 e. The molecule has 0 bridgehead atoms. The van der Waals surface area contributed by atoms with E-state index in [0.717, 1.165) is 30.8 Å². The van der Waals surface area contributed by atoms with Crippen molar-refractivity contribution >= 4 is 15.7 Å². The van der Waals surface area contributed by atoms with Crippen LogP contribution in [0.5, 0.6) is 0 Å². The third-order valence-electron chi connectivity index (χ3n) is 5.92. The van der Waals surface area contributed by atoms with E-state index in [1.807, 2.05) is 13.0 Å². The second-order valence-corrected chi connectivity index (χ2v) is 10.2. The van der Waals surface area contributed by atoms with Crippen LogP contribution >= 0.6 is 0 Å². The first-order valence-corrected chi connectivity index (χ1v) is 11.0. The Labute approximate surface area is 153 Å². The Hall–Kier alpha value is -1.45. The Morgan fingerprint density at radius 3 is 2.77 bits per heavy atom. The van der Waals surface area contributed by atoms with Crippen LogP contribution in [0, 0.1) is 18.3 Å². The number of nitrogens with one attached hydrogen (secondary N) is 2. The van der Waals surface area contributed by atoms with Crippen molar-refractivity contribution in [3.63, 3.8) is 0 Å². The summed E-state index contributed by atoms with van der Waals surface area (Å²) in [7, 11) is -2.94. The predicted octanol–water partition coefficient (Wildman–Crippen LogP) is -0.140. The van der Waals surface area contributed by atoms with Crippen LogP contribution in [0.4, 0.5) is 0 Å². The highest BCUT2D eigenvalue weighted by Gasteiger charge is 2.51. The number of hydrogen-bond acceptors (Lipinski definition) is 6. The normalized spacial score (nSPS) is 28.1. The van der Waals surface area contributed by atoms with Crippen LogP contribution in [0.1, 0.15) is 24.2 Å². The summed E-state index contributed by atoms with van der Waals surface area (Å²) in [6.45, 7) is 5.58. The smallest absolute Gasteiger partial charge is 0.225 e. The molecule has 3 saturated heterocycles. The highest BCUT2D eigenvalue weighted by Crippen LogP contribution is 2.44. The lowest BCUT2D eigenvalue weighted by Crippen LogP contribution is -2.56. The summed E-state index contributed by atoms with van der Waals surface area (Å²) in [5.74, 6) is -0.00222. The molecule has 26 heavy (non-hydrogen) atoms. The summed E-state index contributed by atoms with van der Waals surface area (Å²) in [5, 5.41) is 10.2. The van der Waals surface area contributed by atoms with Gasteiger partial charge in [-0.15, -0.1) is 0 Å². The first kappa shape index (κ1) is 17.9. The zero-order valence-electron chi connectivity index (χ0n) is 15.0. The van der Waals surface area contributed by atoms with Crippen LogP contribution in [0.25, 0.3) is 0 Å². The molecule has 0 aromatic carbocycles. The molecule has 1 aromatic heterocycles. The number of H-pyrrole nitrogens is 1. The summed E-state index contributed by atoms with van der Waals surface area (Å²) < 4.78 is 28.3. The van der Waals surface area contributed by atoms with Crippen molar-refractivity contribution < 1.29 is 17.9 Å². The molecule has 3 aliphatic rings. The van der Waals surface area contributed by atoms with Crippen molar-refractivity contribution in [2.45, 2.75) is 32.4 Å². The summed E-state index contributed by atoms with van der Waals surface area (Å²) in [5.41, 5.74) is 1.92. The maximum atomic E-state index is 12.9. The van der Waals surface area contributed by atoms with E-state index in [0.29, 0.717) is 26.3 Å². The van der Waals surface area contributed by atoms with E-state index >= 15 is 0 Å². The molecular formula is C17H26N4O4S. The molecule has 1 spiro atoms. The monoisotopic (exact) mass is 382 g/mol. The lowest BCUT2D eigenvalue weighted by Gasteiger charge is -2.38. The van der Waals surface area contributed by atoms with Crippen LogP contribution in [0.3, 0.4) is 0 Å². The van der Waals surface area contributed by atoms with Gasteiger partial charge in [-0.1, -0.05) is 0 Å². The van der Waals surface area contributed by atoms with Crippen LogP contribution in [0.2, 0.25) is 0 Å². The highest BCUT2D eigenvalue weighted by molar-refractivity contribution is 7.92. The lowest BCUT2D eigenvalue weighted by molar-refractivity contribution is -0.130. The number of aromatic nitrogens is 2. The summed E-state index contributed by atoms with van der Waals surface area (Å²) in [6, 6.07) is 1.80. The molecule has 0 saturated carbocycles. The molecule has 144 valence electrons. The topological polar surface area (TPSA) is 104 Å². The maximum Gasteiger partial charge on any atom is 0.225 e. The van der Waals surface area contributed by atoms with Gasteiger partial charge in [0.1, 0.15) is 0 Å². The number of aryl methyl sites for hydroxylation is 1. The van der Waals surface area contributed by atoms with Gasteiger partial charge in [-0.25, -0.2) is 8.42 Å². The van der Waals surface area contributed by atoms with E-state index in [9.17, 15) is 13.2 Å². The third kappa shape index (κ3) is 3.52. The Morgan fingerprint density at radius 1 is 1.42 bits per heavy atom. The zero-order chi connectivity index (χ0) is 18.4. The van der Waals surface area contributed by atoms with Crippen molar-refractivity contribution in [3.05, 3.63) is 17.5 Å². The number of aromatic amines is 1. The molecule has 1 amide bonds. The average Bonchev–Trinajstić information content (AvgIpc) is 3.10. The highest BCUT2D eigenvalue weighted by atomic mass is 32.2. The molecule has 0 unspecified atom stereocenters. The number of carbonyl (C=O) groups excluding carboxylic acids is 1. The zero-order valence-corrected chi connectivity index (χ0v) is 15.8. The van der Waals surface area contributed by atoms with E-state index < -0.39 is 9.84 Å². The Balaban J connectivity index is 1.46. The van der Waals surface area contributed by atoms with Gasteiger partial charge in [-0.3, -0.25) is 14.8 Å². The van der Waals surface area contributed by atoms with Gasteiger partial charge in [0.05, 0.1) is 29.2 Å². The second kappa shape index (κ2) is 6.61. The number of nitrogens with zero attached hydrogens (tertiary/aromatic N) is 2. The SMILES string of the molecule is Cc1cc(CN2C[C@H](C(=O)NC3CS(=O)(=O)C3)C3(CCOCC3)C2)n[nH]1. The van der Waals surface area contributed by atoms with Crippen molar-refractivity contribution in [1.29, 1.82) is 0 Å². The first-order chi connectivity index (χ1) is 12.4. The molecule has 3 fully saturated rings. The van der Waals surface area contributed by atoms with E-state index in [1.54, 1.807) is 0 Å². The fourth-order valence-electron chi connectivity index (χ4n) is 4.57. The number of sulfone groups is 1. The summed E-state index contributed by atoms with van der Waals surface area (Å²) in [4.78, 5) is 15.2. The van der Waals surface area contributed by atoms with Crippen LogP contribution < -0.4 is 5.32 Å². The van der Waals surface area contributed by atoms with Gasteiger partial charge in [0.15, 0.2) is 9.84 Å². The second-order valence-electron chi connectivity index (χ2n) is 8.02. The van der Waals surface area contributed by atoms with Gasteiger partial charge in [0.25, 0.3) is 0 Å². The van der Waals surface area contributed by atoms with Gasteiger partial charge in [-0.05, 0) is 25.8 Å². The molecule has 8 nitrogen and oxygen atoms in total. The quantitative estimate of drug-likeness (QED) is 0.751. The van der Waals surface area contributed by atoms with Crippen molar-refractivity contribution in [1.82, 2.24) is 20.4 Å². The predicted molar refractivity (Wildman–Crippen MR) is 95.2 cm³/mol. The standard InChI is InChI=1S/C17H26N4O4S/c1-12-6-13(20-19-12)7-21-8-15(17(11-21)2-4-25-5-3-17)16(22)18-14-9-26(23,24)10-14/h6,14-15H,2-5,7-11H2,1H3,(H,18,22)(H,19,20)/t15-/m1/s1. The van der Waals surface area contributed by atoms with E-state index in [1.165, 1.54) is 0 Å². The van der Waals surface area contributed by atoms with Crippen molar-refractivity contribution in [2.75, 3.05) is 37.8 Å². The molecule has 4 rings (SSSR count). The molecule has 2 N–H and O–H groups in total. The summed E-state index contributed by atoms with van der Waals surface area (Å²) >= 11 is 0. The number of likely N-dealkylation sites (tertiary alicyclic amines) is 1. The van der Waals surface area contributed by atoms with Crippen molar-refractivity contribution in [2.24, 2.45) is 11.3 Å². The molecule has 0 radical (unpaired) electrons. The minimum absolute atomic E-state index is 0.00694. The average molecular weight is 382 g/mol. The molecule has 9 heteroatoms. The van der Waals surface area contributed by atoms with Gasteiger partial charge in [-0.2, -0.15) is 5.10 Å². The van der Waals surface area contributed by atoms with Crippen molar-refractivity contribution in [3.8, 4) is 0 Å². The Morgan fingerprint density at radius 2 is 2.15 bits per heavy atom. The number of hydrogen-bond donors (Lipinski definition) is 2. The number of carbonyl (C=O) groups is 1. The molecule has 1 atom stereocenters. The van der Waals surface area contributed by atoms with Crippen LogP contribution in [-0.2, 0) is 25.9 Å². The van der Waals surface area contributed by atoms with Gasteiger partial charge >= 0.3 is 0 Å². The van der Waals surface area contributed by atoms with Crippen LogP contribution in [0.15, 0.2) is 6.07 Å². The van der Waals surface area contributed by atoms with Gasteiger partial charge in [0, 0.05) is 44.0 Å². The van der Waals surface area contributed by atoms with E-state index in [4.69, 9.17) is 4.74 Å². The molecule has 0 aliphatic carbocycles. The Kier molecular flexibility index (Phi) is 4.56. The van der Waals surface area contributed by atoms with Crippen LogP contribution in [-0.4, -0.2) is 73.3 Å². The van der Waals surface area contributed by atoms with E-state index in [-0.39, 0.29) is 34.8 Å². The minimum atomic E-state index is -2.94. The number of rotatable bonds is 4. The maximum absolute atomic E-state index is 12.9. The third-order valence-corrected chi connectivity index (χ3v) is 7.75. The molecule has 3 aliphatic heterocycles. The number of ether oxygens (including phenoxy) is 1. The van der Waals surface area contributed by atoms with Gasteiger partial charge < -0.3 is 10.1 Å². The lowest BCUT2D eigenvalue weighted by atomic mass is 9.71. The minimum Gasteiger partial charge on any atom is -0.381 e. The summed E-state index contributed by atoms with van der Waals surface area (Å²) in [6.07, 6.45) is 1.73. The molecular weight excluding hydrogens is 356 g/mol. The molecule has 4 heterocycles. The number of amides is 1. The first-order valence-electron chi connectivity index (χ1n) is 9.17. The van der Waals surface area contributed by atoms with Gasteiger partial charge in [0.2, 0.25) is 5.91 Å². The van der Waals surface area contributed by atoms with E-state index in [2.05, 4.69) is 20.4 Å².